The summed E-state index contributed by atoms with van der Waals surface area (Å²) in [7, 11) is 3.51. The summed E-state index contributed by atoms with van der Waals surface area (Å²) in [6, 6.07) is 23.8. The summed E-state index contributed by atoms with van der Waals surface area (Å²) >= 11 is 1.38. The number of hydrogen-bond acceptors (Lipinski definition) is 6. The highest BCUT2D eigenvalue weighted by molar-refractivity contribution is 7.99. The minimum absolute atomic E-state index is 0.00876. The molecular weight excluding hydrogens is 446 g/mol. The van der Waals surface area contributed by atoms with Gasteiger partial charge in [-0.3, -0.25) is 14.3 Å². The van der Waals surface area contributed by atoms with Gasteiger partial charge in [-0.1, -0.05) is 72.4 Å². The van der Waals surface area contributed by atoms with Gasteiger partial charge in [-0.15, -0.1) is 10.2 Å². The fourth-order valence-electron chi connectivity index (χ4n) is 3.78. The van der Waals surface area contributed by atoms with Crippen LogP contribution in [0.3, 0.4) is 0 Å². The molecule has 4 rings (SSSR count). The molecule has 2 heterocycles. The molecule has 8 heteroatoms. The molecule has 0 N–H and O–H groups in total. The van der Waals surface area contributed by atoms with E-state index in [2.05, 4.69) is 39.4 Å². The number of amides is 1. The number of carbonyl (C=O) groups excluding carboxylic acids is 1. The summed E-state index contributed by atoms with van der Waals surface area (Å²) in [5.74, 6) is 0.984. The molecular formula is C26H27N5O2S. The van der Waals surface area contributed by atoms with E-state index in [1.54, 1.807) is 24.4 Å². The lowest BCUT2D eigenvalue weighted by atomic mass is 9.97. The number of hydrogen-bond donors (Lipinski definition) is 0. The zero-order valence-corrected chi connectivity index (χ0v) is 20.1. The average molecular weight is 474 g/mol. The molecule has 0 unspecified atom stereocenters. The van der Waals surface area contributed by atoms with E-state index in [-0.39, 0.29) is 17.7 Å². The van der Waals surface area contributed by atoms with E-state index in [0.717, 1.165) is 22.5 Å². The van der Waals surface area contributed by atoms with Gasteiger partial charge in [0.1, 0.15) is 0 Å². The first-order valence-electron chi connectivity index (χ1n) is 11.0. The minimum atomic E-state index is -0.172. The smallest absolute Gasteiger partial charge is 0.233 e. The van der Waals surface area contributed by atoms with Crippen LogP contribution in [0.5, 0.6) is 0 Å². The van der Waals surface area contributed by atoms with E-state index < -0.39 is 0 Å². The highest BCUT2D eigenvalue weighted by atomic mass is 32.2. The number of methoxy groups -OCH3 is 1. The predicted octanol–water partition coefficient (Wildman–Crippen LogP) is 4.33. The number of nitrogens with zero attached hydrogens (tertiary/aromatic N) is 5. The number of carbonyl (C=O) groups is 1. The third kappa shape index (κ3) is 5.52. The Balaban J connectivity index is 1.54. The predicted molar refractivity (Wildman–Crippen MR) is 133 cm³/mol. The fraction of sp³-hybridized carbons (Fsp3) is 0.231. The van der Waals surface area contributed by atoms with Crippen molar-refractivity contribution in [3.05, 3.63) is 96.3 Å². The first-order valence-corrected chi connectivity index (χ1v) is 12.0. The van der Waals surface area contributed by atoms with Crippen LogP contribution in [0.4, 0.5) is 0 Å². The van der Waals surface area contributed by atoms with Crippen LogP contribution in [0.15, 0.2) is 90.3 Å². The Labute approximate surface area is 203 Å². The molecule has 1 amide bonds. The molecule has 0 bridgehead atoms. The van der Waals surface area contributed by atoms with Crippen LogP contribution in [0.2, 0.25) is 0 Å². The Hall–Kier alpha value is -3.49. The van der Waals surface area contributed by atoms with Gasteiger partial charge in [0, 0.05) is 32.1 Å². The number of thioether (sulfide) groups is 1. The van der Waals surface area contributed by atoms with Crippen molar-refractivity contribution in [2.75, 3.05) is 26.5 Å². The standard InChI is InChI=1S/C26H27N5O2S/c1-30(24(20-9-5-3-6-10-20)21-11-7-4-8-12-21)23(32)19-34-26-29-28-25(31(26)17-18-33-2)22-13-15-27-16-14-22/h3-16,24H,17-19H2,1-2H3. The maximum atomic E-state index is 13.3. The summed E-state index contributed by atoms with van der Waals surface area (Å²) in [6.07, 6.45) is 3.45. The van der Waals surface area contributed by atoms with Crippen molar-refractivity contribution in [2.45, 2.75) is 17.7 Å². The first-order chi connectivity index (χ1) is 16.7. The lowest BCUT2D eigenvalue weighted by Gasteiger charge is -2.29. The van der Waals surface area contributed by atoms with E-state index >= 15 is 0 Å². The Morgan fingerprint density at radius 3 is 2.18 bits per heavy atom. The van der Waals surface area contributed by atoms with Crippen LogP contribution in [0, 0.1) is 0 Å². The molecule has 0 fully saturated rings. The van der Waals surface area contributed by atoms with Crippen molar-refractivity contribution < 1.29 is 9.53 Å². The van der Waals surface area contributed by atoms with Gasteiger partial charge in [-0.2, -0.15) is 0 Å². The number of aromatic nitrogens is 4. The molecule has 0 saturated carbocycles. The fourth-order valence-corrected chi connectivity index (χ4v) is 4.66. The minimum Gasteiger partial charge on any atom is -0.383 e. The Morgan fingerprint density at radius 2 is 1.59 bits per heavy atom. The van der Waals surface area contributed by atoms with Gasteiger partial charge in [0.15, 0.2) is 11.0 Å². The summed E-state index contributed by atoms with van der Waals surface area (Å²) in [6.45, 7) is 1.10. The van der Waals surface area contributed by atoms with E-state index in [9.17, 15) is 4.79 Å². The molecule has 0 radical (unpaired) electrons. The second-order valence-corrected chi connectivity index (χ2v) is 8.65. The van der Waals surface area contributed by atoms with Gasteiger partial charge in [-0.05, 0) is 23.3 Å². The molecule has 2 aromatic heterocycles. The van der Waals surface area contributed by atoms with Gasteiger partial charge in [0.05, 0.1) is 24.9 Å². The third-order valence-corrected chi connectivity index (χ3v) is 6.46. The molecule has 34 heavy (non-hydrogen) atoms. The molecule has 0 spiro atoms. The summed E-state index contributed by atoms with van der Waals surface area (Å²) in [4.78, 5) is 19.2. The van der Waals surface area contributed by atoms with Crippen LogP contribution in [0.1, 0.15) is 17.2 Å². The van der Waals surface area contributed by atoms with Crippen molar-refractivity contribution in [1.82, 2.24) is 24.6 Å². The second-order valence-electron chi connectivity index (χ2n) is 7.70. The lowest BCUT2D eigenvalue weighted by molar-refractivity contribution is -0.128. The average Bonchev–Trinajstić information content (AvgIpc) is 3.30. The zero-order chi connectivity index (χ0) is 23.8. The largest absolute Gasteiger partial charge is 0.383 e. The number of pyridine rings is 1. The van der Waals surface area contributed by atoms with Crippen molar-refractivity contribution in [3.63, 3.8) is 0 Å². The van der Waals surface area contributed by atoms with Gasteiger partial charge in [-0.25, -0.2) is 0 Å². The van der Waals surface area contributed by atoms with E-state index in [4.69, 9.17) is 4.74 Å². The van der Waals surface area contributed by atoms with Gasteiger partial charge >= 0.3 is 0 Å². The summed E-state index contributed by atoms with van der Waals surface area (Å²) < 4.78 is 7.27. The molecule has 0 atom stereocenters. The quantitative estimate of drug-likeness (QED) is 0.319. The maximum Gasteiger partial charge on any atom is 0.233 e. The van der Waals surface area contributed by atoms with Crippen molar-refractivity contribution in [3.8, 4) is 11.4 Å². The molecule has 2 aromatic carbocycles. The highest BCUT2D eigenvalue weighted by Gasteiger charge is 2.24. The SMILES string of the molecule is COCCn1c(SCC(=O)N(C)C(c2ccccc2)c2ccccc2)nnc1-c1ccncc1. The molecule has 0 aliphatic rings. The Kier molecular flexibility index (Phi) is 8.06. The van der Waals surface area contributed by atoms with Gasteiger partial charge < -0.3 is 9.64 Å². The normalized spacial score (nSPS) is 11.0. The van der Waals surface area contributed by atoms with E-state index in [1.807, 2.05) is 60.1 Å². The van der Waals surface area contributed by atoms with Crippen molar-refractivity contribution in [1.29, 1.82) is 0 Å². The monoisotopic (exact) mass is 473 g/mol. The maximum absolute atomic E-state index is 13.3. The molecule has 0 aliphatic heterocycles. The van der Waals surface area contributed by atoms with Crippen LogP contribution < -0.4 is 0 Å². The Bertz CT molecular complexity index is 1150. The number of ether oxygens (including phenoxy) is 1. The van der Waals surface area contributed by atoms with Gasteiger partial charge in [0.2, 0.25) is 5.91 Å². The van der Waals surface area contributed by atoms with Crippen molar-refractivity contribution >= 4 is 17.7 Å². The van der Waals surface area contributed by atoms with E-state index in [1.165, 1.54) is 11.8 Å². The highest BCUT2D eigenvalue weighted by Crippen LogP contribution is 2.29. The van der Waals surface area contributed by atoms with Crippen LogP contribution in [-0.4, -0.2) is 57.1 Å². The van der Waals surface area contributed by atoms with Crippen molar-refractivity contribution in [2.24, 2.45) is 0 Å². The lowest BCUT2D eigenvalue weighted by Crippen LogP contribution is -2.33. The van der Waals surface area contributed by atoms with Crippen LogP contribution >= 0.6 is 11.8 Å². The first kappa shape index (κ1) is 23.7. The molecule has 7 nitrogen and oxygen atoms in total. The van der Waals surface area contributed by atoms with Crippen LogP contribution in [0.25, 0.3) is 11.4 Å². The van der Waals surface area contributed by atoms with Crippen LogP contribution in [-0.2, 0) is 16.1 Å². The topological polar surface area (TPSA) is 73.1 Å². The summed E-state index contributed by atoms with van der Waals surface area (Å²) in [5, 5.41) is 9.43. The Morgan fingerprint density at radius 1 is 0.971 bits per heavy atom. The molecule has 0 saturated heterocycles. The summed E-state index contributed by atoms with van der Waals surface area (Å²) in [5.41, 5.74) is 3.05. The second kappa shape index (κ2) is 11.6. The van der Waals surface area contributed by atoms with E-state index in [0.29, 0.717) is 18.3 Å². The number of rotatable bonds is 10. The molecule has 4 aromatic rings. The molecule has 0 aliphatic carbocycles. The van der Waals surface area contributed by atoms with Gasteiger partial charge in [0.25, 0.3) is 0 Å². The molecule has 174 valence electrons. The third-order valence-electron chi connectivity index (χ3n) is 5.51. The number of benzene rings is 2. The zero-order valence-electron chi connectivity index (χ0n) is 19.2.